The van der Waals surface area contributed by atoms with Crippen LogP contribution in [-0.4, -0.2) is 31.8 Å². The predicted octanol–water partition coefficient (Wildman–Crippen LogP) is 2.94. The van der Waals surface area contributed by atoms with Gasteiger partial charge in [-0.25, -0.2) is 0 Å². The minimum Gasteiger partial charge on any atom is -0.496 e. The fraction of sp³-hybridized carbons (Fsp3) is 0.533. The summed E-state index contributed by atoms with van der Waals surface area (Å²) >= 11 is 0. The van der Waals surface area contributed by atoms with Gasteiger partial charge in [0, 0.05) is 19.3 Å². The smallest absolute Gasteiger partial charge is 0.303 e. The van der Waals surface area contributed by atoms with Gasteiger partial charge >= 0.3 is 5.97 Å². The lowest BCUT2D eigenvalue weighted by atomic mass is 9.88. The first-order valence-corrected chi connectivity index (χ1v) is 6.33. The molecule has 0 aliphatic heterocycles. The zero-order valence-electron chi connectivity index (χ0n) is 12.4. The van der Waals surface area contributed by atoms with Crippen LogP contribution in [-0.2, 0) is 4.79 Å². The number of hydrogen-bond acceptors (Lipinski definition) is 3. The lowest BCUT2D eigenvalue weighted by Gasteiger charge is -2.30. The van der Waals surface area contributed by atoms with E-state index in [0.717, 1.165) is 17.0 Å². The third-order valence-corrected chi connectivity index (χ3v) is 3.11. The lowest BCUT2D eigenvalue weighted by Crippen LogP contribution is -2.33. The monoisotopic (exact) mass is 265 g/mol. The number of aliphatic carboxylic acids is 1. The van der Waals surface area contributed by atoms with Crippen LogP contribution in [0.3, 0.4) is 0 Å². The molecule has 0 heterocycles. The largest absolute Gasteiger partial charge is 0.496 e. The van der Waals surface area contributed by atoms with E-state index in [0.29, 0.717) is 6.54 Å². The Labute approximate surface area is 115 Å². The molecule has 0 spiro atoms. The van der Waals surface area contributed by atoms with Gasteiger partial charge in [-0.1, -0.05) is 13.8 Å². The van der Waals surface area contributed by atoms with Crippen LogP contribution in [0.15, 0.2) is 18.2 Å². The molecule has 106 valence electrons. The third kappa shape index (κ3) is 4.47. The first-order valence-electron chi connectivity index (χ1n) is 6.33. The average Bonchev–Trinajstić information content (AvgIpc) is 2.26. The molecular weight excluding hydrogens is 242 g/mol. The van der Waals surface area contributed by atoms with Gasteiger partial charge in [0.05, 0.1) is 13.5 Å². The van der Waals surface area contributed by atoms with Crippen molar-refractivity contribution in [1.82, 2.24) is 0 Å². The number of carboxylic acids is 1. The van der Waals surface area contributed by atoms with Crippen LogP contribution in [0.4, 0.5) is 5.69 Å². The van der Waals surface area contributed by atoms with Crippen molar-refractivity contribution in [3.63, 3.8) is 0 Å². The summed E-state index contributed by atoms with van der Waals surface area (Å²) in [6, 6.07) is 5.98. The van der Waals surface area contributed by atoms with Crippen molar-refractivity contribution in [3.05, 3.63) is 23.8 Å². The molecule has 1 aromatic rings. The highest BCUT2D eigenvalue weighted by Gasteiger charge is 2.24. The van der Waals surface area contributed by atoms with Crippen molar-refractivity contribution in [2.75, 3.05) is 25.6 Å². The topological polar surface area (TPSA) is 49.8 Å². The van der Waals surface area contributed by atoms with Gasteiger partial charge in [-0.2, -0.15) is 0 Å². The molecule has 4 heteroatoms. The molecule has 0 unspecified atom stereocenters. The number of nitrogens with zero attached hydrogens (tertiary/aromatic N) is 1. The fourth-order valence-corrected chi connectivity index (χ4v) is 2.30. The number of benzene rings is 1. The van der Waals surface area contributed by atoms with Gasteiger partial charge in [-0.3, -0.25) is 4.79 Å². The van der Waals surface area contributed by atoms with Crippen molar-refractivity contribution in [2.24, 2.45) is 5.41 Å². The summed E-state index contributed by atoms with van der Waals surface area (Å²) in [7, 11) is 3.63. The minimum absolute atomic E-state index is 0.159. The molecule has 1 aromatic carbocycles. The Bertz CT molecular complexity index is 455. The van der Waals surface area contributed by atoms with E-state index in [1.54, 1.807) is 7.11 Å². The standard InChI is InChI=1S/C15H23NO3/c1-11-8-12(6-7-13(11)19-5)16(4)10-15(2,3)9-14(17)18/h6-8H,9-10H2,1-5H3,(H,17,18). The summed E-state index contributed by atoms with van der Waals surface area (Å²) in [4.78, 5) is 12.9. The van der Waals surface area contributed by atoms with E-state index in [1.165, 1.54) is 0 Å². The molecule has 0 fully saturated rings. The number of methoxy groups -OCH3 is 1. The van der Waals surface area contributed by atoms with Crippen LogP contribution in [0.1, 0.15) is 25.8 Å². The van der Waals surface area contributed by atoms with E-state index < -0.39 is 5.97 Å². The second kappa shape index (κ2) is 5.95. The molecule has 0 bridgehead atoms. The maximum atomic E-state index is 10.8. The number of rotatable bonds is 6. The molecule has 1 rings (SSSR count). The van der Waals surface area contributed by atoms with Gasteiger partial charge in [-0.05, 0) is 36.1 Å². The van der Waals surface area contributed by atoms with Gasteiger partial charge in [-0.15, -0.1) is 0 Å². The van der Waals surface area contributed by atoms with Crippen molar-refractivity contribution < 1.29 is 14.6 Å². The van der Waals surface area contributed by atoms with Gasteiger partial charge in [0.1, 0.15) is 5.75 Å². The SMILES string of the molecule is COc1ccc(N(C)CC(C)(C)CC(=O)O)cc1C. The van der Waals surface area contributed by atoms with Gasteiger partial charge in [0.2, 0.25) is 0 Å². The highest BCUT2D eigenvalue weighted by atomic mass is 16.5. The fourth-order valence-electron chi connectivity index (χ4n) is 2.30. The minimum atomic E-state index is -0.760. The van der Waals surface area contributed by atoms with E-state index in [4.69, 9.17) is 9.84 Å². The Kier molecular flexibility index (Phi) is 4.81. The van der Waals surface area contributed by atoms with Gasteiger partial charge < -0.3 is 14.7 Å². The lowest BCUT2D eigenvalue weighted by molar-refractivity contribution is -0.139. The molecule has 0 radical (unpaired) electrons. The van der Waals surface area contributed by atoms with Gasteiger partial charge in [0.15, 0.2) is 0 Å². The van der Waals surface area contributed by atoms with E-state index in [1.807, 2.05) is 40.0 Å². The highest BCUT2D eigenvalue weighted by molar-refractivity contribution is 5.67. The van der Waals surface area contributed by atoms with E-state index in [2.05, 4.69) is 11.0 Å². The predicted molar refractivity (Wildman–Crippen MR) is 77.0 cm³/mol. The summed E-state index contributed by atoms with van der Waals surface area (Å²) < 4.78 is 5.24. The molecule has 0 aromatic heterocycles. The molecule has 0 aliphatic carbocycles. The highest BCUT2D eigenvalue weighted by Crippen LogP contribution is 2.27. The van der Waals surface area contributed by atoms with Crippen molar-refractivity contribution in [3.8, 4) is 5.75 Å². The van der Waals surface area contributed by atoms with Crippen molar-refractivity contribution >= 4 is 11.7 Å². The first kappa shape index (κ1) is 15.3. The second-order valence-corrected chi connectivity index (χ2v) is 5.74. The van der Waals surface area contributed by atoms with Crippen molar-refractivity contribution in [2.45, 2.75) is 27.2 Å². The van der Waals surface area contributed by atoms with Crippen LogP contribution in [0.2, 0.25) is 0 Å². The number of aryl methyl sites for hydroxylation is 1. The van der Waals surface area contributed by atoms with Crippen LogP contribution >= 0.6 is 0 Å². The Hall–Kier alpha value is -1.71. The maximum absolute atomic E-state index is 10.8. The molecule has 4 nitrogen and oxygen atoms in total. The molecule has 0 aliphatic rings. The molecular formula is C15H23NO3. The Morgan fingerprint density at radius 3 is 2.53 bits per heavy atom. The summed E-state index contributed by atoms with van der Waals surface area (Å²) in [5.74, 6) is 0.103. The van der Waals surface area contributed by atoms with Crippen LogP contribution in [0.5, 0.6) is 5.75 Å². The zero-order chi connectivity index (χ0) is 14.6. The number of ether oxygens (including phenoxy) is 1. The Morgan fingerprint density at radius 1 is 1.42 bits per heavy atom. The van der Waals surface area contributed by atoms with Crippen LogP contribution < -0.4 is 9.64 Å². The maximum Gasteiger partial charge on any atom is 0.303 e. The van der Waals surface area contributed by atoms with Gasteiger partial charge in [0.25, 0.3) is 0 Å². The molecule has 1 N–H and O–H groups in total. The number of anilines is 1. The molecule has 19 heavy (non-hydrogen) atoms. The summed E-state index contributed by atoms with van der Waals surface area (Å²) in [6.07, 6.45) is 0.159. The van der Waals surface area contributed by atoms with E-state index >= 15 is 0 Å². The molecule has 0 atom stereocenters. The summed E-state index contributed by atoms with van der Waals surface area (Å²) in [5, 5.41) is 8.91. The quantitative estimate of drug-likeness (QED) is 0.859. The normalized spacial score (nSPS) is 11.2. The van der Waals surface area contributed by atoms with Crippen molar-refractivity contribution in [1.29, 1.82) is 0 Å². The number of carbonyl (C=O) groups is 1. The summed E-state index contributed by atoms with van der Waals surface area (Å²) in [5.41, 5.74) is 1.87. The zero-order valence-corrected chi connectivity index (χ0v) is 12.4. The number of carboxylic acid groups (broad SMARTS) is 1. The molecule has 0 saturated heterocycles. The first-order chi connectivity index (χ1) is 8.75. The van der Waals surface area contributed by atoms with Crippen LogP contribution in [0, 0.1) is 12.3 Å². The molecule has 0 saturated carbocycles. The third-order valence-electron chi connectivity index (χ3n) is 3.11. The summed E-state index contributed by atoms with van der Waals surface area (Å²) in [6.45, 7) is 6.62. The molecule has 0 amide bonds. The second-order valence-electron chi connectivity index (χ2n) is 5.74. The number of hydrogen-bond donors (Lipinski definition) is 1. The van der Waals surface area contributed by atoms with E-state index in [9.17, 15) is 4.79 Å². The Morgan fingerprint density at radius 2 is 2.05 bits per heavy atom. The average molecular weight is 265 g/mol. The Balaban J connectivity index is 2.80. The van der Waals surface area contributed by atoms with E-state index in [-0.39, 0.29) is 11.8 Å². The van der Waals surface area contributed by atoms with Crippen LogP contribution in [0.25, 0.3) is 0 Å².